The van der Waals surface area contributed by atoms with E-state index in [2.05, 4.69) is 17.4 Å². The summed E-state index contributed by atoms with van der Waals surface area (Å²) in [4.78, 5) is 12.5. The summed E-state index contributed by atoms with van der Waals surface area (Å²) >= 11 is 0. The number of ether oxygens (including phenoxy) is 2. The van der Waals surface area contributed by atoms with Crippen molar-refractivity contribution < 1.29 is 18.7 Å². The summed E-state index contributed by atoms with van der Waals surface area (Å²) < 4.78 is 17.2. The predicted octanol–water partition coefficient (Wildman–Crippen LogP) is 4.08. The Balaban J connectivity index is 1.28. The quantitative estimate of drug-likeness (QED) is 0.585. The van der Waals surface area contributed by atoms with Crippen molar-refractivity contribution in [3.63, 3.8) is 0 Å². The fourth-order valence-corrected chi connectivity index (χ4v) is 3.63. The van der Waals surface area contributed by atoms with E-state index in [4.69, 9.17) is 13.9 Å². The first-order chi connectivity index (χ1) is 13.8. The van der Waals surface area contributed by atoms with Crippen molar-refractivity contribution in [2.75, 3.05) is 13.2 Å². The van der Waals surface area contributed by atoms with Crippen LogP contribution in [-0.4, -0.2) is 25.2 Å². The number of hydrogen-bond acceptors (Lipinski definition) is 4. The second-order valence-corrected chi connectivity index (χ2v) is 6.90. The van der Waals surface area contributed by atoms with Gasteiger partial charge in [-0.2, -0.15) is 0 Å². The summed E-state index contributed by atoms with van der Waals surface area (Å²) in [5.74, 6) is 1.38. The van der Waals surface area contributed by atoms with Gasteiger partial charge in [-0.3, -0.25) is 4.79 Å². The van der Waals surface area contributed by atoms with E-state index in [0.29, 0.717) is 18.9 Å². The van der Waals surface area contributed by atoms with Crippen molar-refractivity contribution in [3.05, 3.63) is 72.5 Å². The van der Waals surface area contributed by atoms with Crippen molar-refractivity contribution in [1.82, 2.24) is 5.32 Å². The molecular formula is C23H19NO4. The Morgan fingerprint density at radius 2 is 1.82 bits per heavy atom. The molecule has 0 fully saturated rings. The number of carbonyl (C=O) groups excluding carboxylic acids is 1. The summed E-state index contributed by atoms with van der Waals surface area (Å²) in [6.07, 6.45) is 1.72. The number of hydrogen-bond donors (Lipinski definition) is 1. The number of benzene rings is 3. The van der Waals surface area contributed by atoms with Crippen molar-refractivity contribution in [3.8, 4) is 11.5 Å². The van der Waals surface area contributed by atoms with Crippen LogP contribution in [-0.2, 0) is 11.2 Å². The molecule has 1 N–H and O–H groups in total. The van der Waals surface area contributed by atoms with E-state index in [0.717, 1.165) is 33.1 Å². The van der Waals surface area contributed by atoms with Crippen LogP contribution in [0.2, 0.25) is 0 Å². The lowest BCUT2D eigenvalue weighted by atomic mass is 10.0. The van der Waals surface area contributed by atoms with Gasteiger partial charge in [0.15, 0.2) is 11.5 Å². The maximum absolute atomic E-state index is 12.5. The minimum atomic E-state index is -0.208. The van der Waals surface area contributed by atoms with Crippen LogP contribution in [0.4, 0.5) is 0 Å². The van der Waals surface area contributed by atoms with Gasteiger partial charge in [0.25, 0.3) is 0 Å². The van der Waals surface area contributed by atoms with E-state index in [1.807, 2.05) is 48.5 Å². The topological polar surface area (TPSA) is 60.7 Å². The van der Waals surface area contributed by atoms with Gasteiger partial charge in [0, 0.05) is 10.9 Å². The highest BCUT2D eigenvalue weighted by atomic mass is 16.6. The van der Waals surface area contributed by atoms with Gasteiger partial charge in [0.05, 0.1) is 19.2 Å². The van der Waals surface area contributed by atoms with Crippen LogP contribution >= 0.6 is 0 Å². The number of carbonyl (C=O) groups is 1. The molecule has 0 aliphatic carbocycles. The van der Waals surface area contributed by atoms with Crippen LogP contribution in [0.5, 0.6) is 11.5 Å². The SMILES string of the molecule is O=C(Cc1coc2ccc3ccccc3c12)NCC1COc2ccccc2O1. The lowest BCUT2D eigenvalue weighted by Gasteiger charge is -2.26. The molecule has 0 radical (unpaired) electrons. The summed E-state index contributed by atoms with van der Waals surface area (Å²) in [5, 5.41) is 6.17. The minimum absolute atomic E-state index is 0.0712. The van der Waals surface area contributed by atoms with Crippen molar-refractivity contribution in [1.29, 1.82) is 0 Å². The average molecular weight is 373 g/mol. The number of para-hydroxylation sites is 2. The van der Waals surface area contributed by atoms with Crippen molar-refractivity contribution >= 4 is 27.6 Å². The van der Waals surface area contributed by atoms with E-state index in [9.17, 15) is 4.79 Å². The Morgan fingerprint density at radius 3 is 2.75 bits per heavy atom. The molecule has 1 aliphatic rings. The molecule has 1 atom stereocenters. The van der Waals surface area contributed by atoms with Crippen LogP contribution < -0.4 is 14.8 Å². The molecule has 4 aromatic rings. The second-order valence-electron chi connectivity index (χ2n) is 6.90. The third-order valence-electron chi connectivity index (χ3n) is 4.99. The molecule has 0 saturated carbocycles. The van der Waals surface area contributed by atoms with Crippen LogP contribution in [0.3, 0.4) is 0 Å². The van der Waals surface area contributed by atoms with E-state index in [1.54, 1.807) is 6.26 Å². The predicted molar refractivity (Wildman–Crippen MR) is 107 cm³/mol. The largest absolute Gasteiger partial charge is 0.486 e. The van der Waals surface area contributed by atoms with Crippen LogP contribution in [0.15, 0.2) is 71.3 Å². The molecule has 5 nitrogen and oxygen atoms in total. The van der Waals surface area contributed by atoms with Crippen LogP contribution in [0, 0.1) is 0 Å². The molecule has 0 spiro atoms. The molecule has 5 rings (SSSR count). The standard InChI is InChI=1S/C23H19NO4/c25-22(24-12-17-14-27-19-7-3-4-8-20(19)28-17)11-16-13-26-21-10-9-15-5-1-2-6-18(15)23(16)21/h1-10,13,17H,11-12,14H2,(H,24,25). The van der Waals surface area contributed by atoms with Gasteiger partial charge in [-0.25, -0.2) is 0 Å². The molecular weight excluding hydrogens is 354 g/mol. The molecule has 1 aromatic heterocycles. The fraction of sp³-hybridized carbons (Fsp3) is 0.174. The first-order valence-corrected chi connectivity index (χ1v) is 9.31. The van der Waals surface area contributed by atoms with E-state index in [-0.39, 0.29) is 18.4 Å². The van der Waals surface area contributed by atoms with Gasteiger partial charge >= 0.3 is 0 Å². The smallest absolute Gasteiger partial charge is 0.224 e. The third-order valence-corrected chi connectivity index (χ3v) is 4.99. The Labute approximate surface area is 161 Å². The third kappa shape index (κ3) is 3.05. The van der Waals surface area contributed by atoms with E-state index >= 15 is 0 Å². The maximum atomic E-state index is 12.5. The van der Waals surface area contributed by atoms with Gasteiger partial charge in [-0.05, 0) is 29.0 Å². The number of furan rings is 1. The zero-order valence-electron chi connectivity index (χ0n) is 15.2. The van der Waals surface area contributed by atoms with Gasteiger partial charge in [-0.15, -0.1) is 0 Å². The average Bonchev–Trinajstić information content (AvgIpc) is 3.15. The Kier molecular flexibility index (Phi) is 4.13. The first kappa shape index (κ1) is 16.7. The molecule has 140 valence electrons. The van der Waals surface area contributed by atoms with Gasteiger partial charge in [-0.1, -0.05) is 42.5 Å². The minimum Gasteiger partial charge on any atom is -0.486 e. The highest BCUT2D eigenvalue weighted by Gasteiger charge is 2.21. The normalized spacial score (nSPS) is 15.6. The number of fused-ring (bicyclic) bond motifs is 4. The summed E-state index contributed by atoms with van der Waals surface area (Å²) in [6.45, 7) is 0.806. The molecule has 1 amide bonds. The molecule has 3 aromatic carbocycles. The van der Waals surface area contributed by atoms with E-state index in [1.165, 1.54) is 0 Å². The molecule has 0 saturated heterocycles. The van der Waals surface area contributed by atoms with Crippen molar-refractivity contribution in [2.45, 2.75) is 12.5 Å². The lowest BCUT2D eigenvalue weighted by Crippen LogP contribution is -2.41. The molecule has 2 heterocycles. The first-order valence-electron chi connectivity index (χ1n) is 9.31. The van der Waals surface area contributed by atoms with E-state index < -0.39 is 0 Å². The van der Waals surface area contributed by atoms with Crippen molar-refractivity contribution in [2.24, 2.45) is 0 Å². The van der Waals surface area contributed by atoms with Gasteiger partial charge in [0.2, 0.25) is 5.91 Å². The Hall–Kier alpha value is -3.47. The lowest BCUT2D eigenvalue weighted by molar-refractivity contribution is -0.120. The fourth-order valence-electron chi connectivity index (χ4n) is 3.63. The number of rotatable bonds is 4. The summed E-state index contributed by atoms with van der Waals surface area (Å²) in [5.41, 5.74) is 1.68. The molecule has 5 heteroatoms. The molecule has 28 heavy (non-hydrogen) atoms. The zero-order chi connectivity index (χ0) is 18.9. The number of nitrogens with one attached hydrogen (secondary N) is 1. The maximum Gasteiger partial charge on any atom is 0.224 e. The molecule has 0 bridgehead atoms. The second kappa shape index (κ2) is 6.93. The Morgan fingerprint density at radius 1 is 1.00 bits per heavy atom. The van der Waals surface area contributed by atoms with Gasteiger partial charge < -0.3 is 19.2 Å². The molecule has 1 unspecified atom stereocenters. The summed E-state index contributed by atoms with van der Waals surface area (Å²) in [7, 11) is 0. The van der Waals surface area contributed by atoms with Gasteiger partial charge in [0.1, 0.15) is 18.3 Å². The van der Waals surface area contributed by atoms with Crippen LogP contribution in [0.25, 0.3) is 21.7 Å². The highest BCUT2D eigenvalue weighted by molar-refractivity contribution is 6.08. The number of amides is 1. The zero-order valence-corrected chi connectivity index (χ0v) is 15.2. The monoisotopic (exact) mass is 373 g/mol. The van der Waals surface area contributed by atoms with Crippen LogP contribution in [0.1, 0.15) is 5.56 Å². The highest BCUT2D eigenvalue weighted by Crippen LogP contribution is 2.31. The Bertz CT molecular complexity index is 1160. The summed E-state index contributed by atoms with van der Waals surface area (Å²) in [6, 6.07) is 19.6. The molecule has 1 aliphatic heterocycles.